The number of carbonyl (C=O) groups excluding carboxylic acids is 1. The monoisotopic (exact) mass is 297 g/mol. The summed E-state index contributed by atoms with van der Waals surface area (Å²) >= 11 is 0. The highest BCUT2D eigenvalue weighted by Gasteiger charge is 2.27. The summed E-state index contributed by atoms with van der Waals surface area (Å²) in [6.07, 6.45) is 1.61. The predicted octanol–water partition coefficient (Wildman–Crippen LogP) is 2.35. The summed E-state index contributed by atoms with van der Waals surface area (Å²) < 4.78 is 9.92. The Kier molecular flexibility index (Phi) is 5.81. The van der Waals surface area contributed by atoms with E-state index in [0.717, 1.165) is 6.42 Å². The van der Waals surface area contributed by atoms with Gasteiger partial charge in [-0.05, 0) is 12.3 Å². The zero-order valence-corrected chi connectivity index (χ0v) is 13.1. The number of aromatic hydroxyl groups is 1. The van der Waals surface area contributed by atoms with Crippen molar-refractivity contribution in [2.75, 3.05) is 14.2 Å². The van der Waals surface area contributed by atoms with Crippen molar-refractivity contribution in [2.24, 2.45) is 11.8 Å². The Morgan fingerprint density at radius 2 is 1.90 bits per heavy atom. The van der Waals surface area contributed by atoms with Gasteiger partial charge in [0.15, 0.2) is 11.5 Å². The third-order valence-corrected chi connectivity index (χ3v) is 3.67. The van der Waals surface area contributed by atoms with Gasteiger partial charge in [-0.3, -0.25) is 14.6 Å². The molecule has 0 aliphatic carbocycles. The number of pyridine rings is 1. The smallest absolute Gasteiger partial charge is 0.265 e. The average molecular weight is 297 g/mol. The minimum atomic E-state index is -0.675. The molecule has 1 aromatic heterocycles. The van der Waals surface area contributed by atoms with Gasteiger partial charge in [0, 0.05) is 5.92 Å². The third kappa shape index (κ3) is 3.56. The molecule has 0 aliphatic heterocycles. The normalized spacial score (nSPS) is 13.6. The second-order valence-corrected chi connectivity index (χ2v) is 5.26. The molecule has 21 heavy (non-hydrogen) atoms. The number of H-pyrrole nitrogens is 1. The van der Waals surface area contributed by atoms with Crippen LogP contribution in [0.3, 0.4) is 0 Å². The minimum absolute atomic E-state index is 0.00821. The number of ketones is 1. The molecule has 2 atom stereocenters. The molecule has 1 heterocycles. The first kappa shape index (κ1) is 17.1. The molecule has 0 aromatic carbocycles. The van der Waals surface area contributed by atoms with Gasteiger partial charge < -0.3 is 14.6 Å². The van der Waals surface area contributed by atoms with E-state index in [9.17, 15) is 14.7 Å². The van der Waals surface area contributed by atoms with E-state index in [1.54, 1.807) is 6.92 Å². The van der Waals surface area contributed by atoms with E-state index in [4.69, 9.17) is 9.47 Å². The first-order valence-electron chi connectivity index (χ1n) is 6.98. The SMILES string of the molecule is CCC(C)CC(C)C(=O)c1c(O)c(OC)c(OC)[nH]c1=O. The van der Waals surface area contributed by atoms with E-state index in [0.29, 0.717) is 12.3 Å². The molecule has 0 fully saturated rings. The molecular weight excluding hydrogens is 274 g/mol. The van der Waals surface area contributed by atoms with Crippen LogP contribution in [0, 0.1) is 11.8 Å². The molecule has 0 radical (unpaired) electrons. The van der Waals surface area contributed by atoms with Gasteiger partial charge in [0.2, 0.25) is 11.6 Å². The maximum Gasteiger partial charge on any atom is 0.265 e. The van der Waals surface area contributed by atoms with Crippen LogP contribution in [0.1, 0.15) is 44.0 Å². The maximum absolute atomic E-state index is 12.4. The molecule has 0 spiro atoms. The van der Waals surface area contributed by atoms with Crippen LogP contribution in [0.2, 0.25) is 0 Å². The summed E-state index contributed by atoms with van der Waals surface area (Å²) in [5.41, 5.74) is -0.949. The van der Waals surface area contributed by atoms with Gasteiger partial charge in [0.05, 0.1) is 14.2 Å². The van der Waals surface area contributed by atoms with Gasteiger partial charge in [-0.1, -0.05) is 27.2 Å². The number of aromatic amines is 1. The Morgan fingerprint density at radius 1 is 1.29 bits per heavy atom. The maximum atomic E-state index is 12.4. The summed E-state index contributed by atoms with van der Waals surface area (Å²) in [5, 5.41) is 10.1. The van der Waals surface area contributed by atoms with Crippen molar-refractivity contribution in [1.82, 2.24) is 4.98 Å². The van der Waals surface area contributed by atoms with Crippen LogP contribution in [-0.4, -0.2) is 30.1 Å². The quantitative estimate of drug-likeness (QED) is 0.754. The zero-order chi connectivity index (χ0) is 16.2. The van der Waals surface area contributed by atoms with E-state index in [1.807, 2.05) is 13.8 Å². The molecule has 2 N–H and O–H groups in total. The topological polar surface area (TPSA) is 88.6 Å². The lowest BCUT2D eigenvalue weighted by Gasteiger charge is -2.16. The number of nitrogens with one attached hydrogen (secondary N) is 1. The number of aromatic nitrogens is 1. The summed E-state index contributed by atoms with van der Waals surface area (Å²) in [5.74, 6) is -0.910. The number of hydrogen-bond donors (Lipinski definition) is 2. The van der Waals surface area contributed by atoms with Crippen molar-refractivity contribution in [3.63, 3.8) is 0 Å². The standard InChI is InChI=1S/C15H23NO5/c1-6-8(2)7-9(3)11(17)10-12(18)13(20-4)15(21-5)16-14(10)19/h8-9H,6-7H2,1-5H3,(H2,16,18,19). The molecule has 6 nitrogen and oxygen atoms in total. The molecule has 2 unspecified atom stereocenters. The fourth-order valence-corrected chi connectivity index (χ4v) is 2.24. The van der Waals surface area contributed by atoms with Crippen molar-refractivity contribution in [2.45, 2.75) is 33.6 Å². The Morgan fingerprint density at radius 3 is 2.38 bits per heavy atom. The summed E-state index contributed by atoms with van der Waals surface area (Å²) in [6, 6.07) is 0. The Bertz CT molecular complexity index is 564. The van der Waals surface area contributed by atoms with Crippen LogP contribution < -0.4 is 15.0 Å². The number of ether oxygens (including phenoxy) is 2. The highest BCUT2D eigenvalue weighted by atomic mass is 16.5. The lowest BCUT2D eigenvalue weighted by Crippen LogP contribution is -2.24. The summed E-state index contributed by atoms with van der Waals surface area (Å²) in [6.45, 7) is 5.84. The number of Topliss-reactive ketones (excluding diaryl/α,β-unsaturated/α-hetero) is 1. The Hall–Kier alpha value is -1.98. The van der Waals surface area contributed by atoms with Gasteiger partial charge in [-0.2, -0.15) is 0 Å². The van der Waals surface area contributed by atoms with Crippen molar-refractivity contribution in [3.05, 3.63) is 15.9 Å². The van der Waals surface area contributed by atoms with Crippen molar-refractivity contribution in [3.8, 4) is 17.4 Å². The zero-order valence-electron chi connectivity index (χ0n) is 13.1. The van der Waals surface area contributed by atoms with E-state index in [1.165, 1.54) is 14.2 Å². The minimum Gasteiger partial charge on any atom is -0.503 e. The van der Waals surface area contributed by atoms with Crippen molar-refractivity contribution in [1.29, 1.82) is 0 Å². The van der Waals surface area contributed by atoms with Gasteiger partial charge in [0.1, 0.15) is 5.56 Å². The molecule has 0 saturated carbocycles. The Labute approximate surface area is 124 Å². The van der Waals surface area contributed by atoms with Crippen LogP contribution in [0.25, 0.3) is 0 Å². The average Bonchev–Trinajstić information content (AvgIpc) is 2.46. The van der Waals surface area contributed by atoms with E-state index < -0.39 is 17.1 Å². The van der Waals surface area contributed by atoms with Crippen LogP contribution >= 0.6 is 0 Å². The number of rotatable bonds is 7. The molecule has 1 aromatic rings. The fourth-order valence-electron chi connectivity index (χ4n) is 2.24. The second kappa shape index (κ2) is 7.15. The second-order valence-electron chi connectivity index (χ2n) is 5.26. The third-order valence-electron chi connectivity index (χ3n) is 3.67. The summed E-state index contributed by atoms with van der Waals surface area (Å²) in [4.78, 5) is 26.9. The molecule has 118 valence electrons. The van der Waals surface area contributed by atoms with Crippen molar-refractivity contribution >= 4 is 5.78 Å². The highest BCUT2D eigenvalue weighted by molar-refractivity contribution is 6.00. The Balaban J connectivity index is 3.24. The van der Waals surface area contributed by atoms with Crippen LogP contribution in [0.15, 0.2) is 4.79 Å². The molecule has 0 amide bonds. The first-order valence-corrected chi connectivity index (χ1v) is 6.98. The number of methoxy groups -OCH3 is 2. The lowest BCUT2D eigenvalue weighted by atomic mass is 9.89. The molecule has 0 saturated heterocycles. The van der Waals surface area contributed by atoms with E-state index in [2.05, 4.69) is 4.98 Å². The van der Waals surface area contributed by atoms with Gasteiger partial charge in [0.25, 0.3) is 5.56 Å². The first-order chi connectivity index (χ1) is 9.87. The highest BCUT2D eigenvalue weighted by Crippen LogP contribution is 2.36. The van der Waals surface area contributed by atoms with E-state index in [-0.39, 0.29) is 23.1 Å². The molecular formula is C15H23NO5. The molecule has 6 heteroatoms. The number of carbonyl (C=O) groups is 1. The molecule has 0 bridgehead atoms. The van der Waals surface area contributed by atoms with Crippen LogP contribution in [0.4, 0.5) is 0 Å². The molecule has 0 aliphatic rings. The lowest BCUT2D eigenvalue weighted by molar-refractivity contribution is 0.0907. The fraction of sp³-hybridized carbons (Fsp3) is 0.600. The van der Waals surface area contributed by atoms with Gasteiger partial charge in [-0.15, -0.1) is 0 Å². The summed E-state index contributed by atoms with van der Waals surface area (Å²) in [7, 11) is 2.66. The number of hydrogen-bond acceptors (Lipinski definition) is 5. The predicted molar refractivity (Wildman–Crippen MR) is 79.4 cm³/mol. The largest absolute Gasteiger partial charge is 0.503 e. The van der Waals surface area contributed by atoms with Gasteiger partial charge in [-0.25, -0.2) is 0 Å². The van der Waals surface area contributed by atoms with Crippen LogP contribution in [-0.2, 0) is 0 Å². The van der Waals surface area contributed by atoms with Crippen LogP contribution in [0.5, 0.6) is 17.4 Å². The molecule has 1 rings (SSSR count). The van der Waals surface area contributed by atoms with Crippen molar-refractivity contribution < 1.29 is 19.4 Å². The van der Waals surface area contributed by atoms with E-state index >= 15 is 0 Å². The van der Waals surface area contributed by atoms with Gasteiger partial charge >= 0.3 is 0 Å².